The molecule has 1 rings (SSSR count). The van der Waals surface area contributed by atoms with Crippen molar-refractivity contribution in [1.29, 1.82) is 0 Å². The van der Waals surface area contributed by atoms with E-state index < -0.39 is 17.4 Å². The summed E-state index contributed by atoms with van der Waals surface area (Å²) in [5, 5.41) is 0. The van der Waals surface area contributed by atoms with E-state index in [9.17, 15) is 14.0 Å². The molecule has 9 heavy (non-hydrogen) atoms. The summed E-state index contributed by atoms with van der Waals surface area (Å²) in [4.78, 5) is 23.6. The van der Waals surface area contributed by atoms with Gasteiger partial charge in [-0.2, -0.15) is 0 Å². The van der Waals surface area contributed by atoms with E-state index in [1.807, 2.05) is 0 Å². The molecule has 0 N–H and O–H groups in total. The highest BCUT2D eigenvalue weighted by Crippen LogP contribution is 2.02. The van der Waals surface area contributed by atoms with Crippen LogP contribution in [0, 0.1) is 0 Å². The highest BCUT2D eigenvalue weighted by atomic mass is 19.1. The molecule has 0 aromatic rings. The summed E-state index contributed by atoms with van der Waals surface area (Å²) < 4.78 is 12.0. The van der Waals surface area contributed by atoms with Crippen LogP contribution in [0.3, 0.4) is 0 Å². The summed E-state index contributed by atoms with van der Waals surface area (Å²) in [6.45, 7) is 0. The maximum atomic E-state index is 12.0. The molecule has 0 unspecified atom stereocenters. The van der Waals surface area contributed by atoms with Gasteiger partial charge in [0.05, 0.1) is 12.4 Å². The van der Waals surface area contributed by atoms with Crippen molar-refractivity contribution in [1.82, 2.24) is 0 Å². The number of nitrogens with zero attached hydrogens (tertiary/aromatic N) is 1. The molecule has 0 radical (unpaired) electrons. The Labute approximate surface area is 49.9 Å². The van der Waals surface area contributed by atoms with Crippen LogP contribution >= 0.6 is 0 Å². The first kappa shape index (κ1) is 5.81. The lowest BCUT2D eigenvalue weighted by Crippen LogP contribution is -2.17. The van der Waals surface area contributed by atoms with Gasteiger partial charge >= 0.3 is 0 Å². The molecule has 4 heteroatoms. The summed E-state index contributed by atoms with van der Waals surface area (Å²) in [6, 6.07) is 0. The van der Waals surface area contributed by atoms with Gasteiger partial charge in [0, 0.05) is 0 Å². The molecule has 1 heterocycles. The van der Waals surface area contributed by atoms with Crippen LogP contribution in [0.15, 0.2) is 17.0 Å². The van der Waals surface area contributed by atoms with Gasteiger partial charge < -0.3 is 0 Å². The van der Waals surface area contributed by atoms with E-state index in [0.29, 0.717) is 6.20 Å². The monoisotopic (exact) mass is 127 g/mol. The Morgan fingerprint density at radius 3 is 2.56 bits per heavy atom. The van der Waals surface area contributed by atoms with Crippen LogP contribution < -0.4 is 0 Å². The molecule has 0 amide bonds. The number of Topliss-reactive ketones (excluding diaryl/α,β-unsaturated/α-hetero) is 2. The SMILES string of the molecule is O=C1C=NC=C(F)C1=O. The van der Waals surface area contributed by atoms with E-state index in [1.165, 1.54) is 0 Å². The third kappa shape index (κ3) is 0.910. The first-order valence-corrected chi connectivity index (χ1v) is 2.19. The fourth-order valence-electron chi connectivity index (χ4n) is 0.405. The number of halogens is 1. The smallest absolute Gasteiger partial charge is 0.264 e. The highest BCUT2D eigenvalue weighted by Gasteiger charge is 2.19. The molecule has 1 aliphatic rings. The van der Waals surface area contributed by atoms with Gasteiger partial charge in [-0.1, -0.05) is 0 Å². The van der Waals surface area contributed by atoms with Crippen molar-refractivity contribution in [3.63, 3.8) is 0 Å². The molecule has 0 saturated heterocycles. The van der Waals surface area contributed by atoms with Gasteiger partial charge in [0.15, 0.2) is 5.83 Å². The number of hydrogen-bond acceptors (Lipinski definition) is 3. The zero-order valence-electron chi connectivity index (χ0n) is 4.30. The Morgan fingerprint density at radius 2 is 2.11 bits per heavy atom. The molecule has 0 fully saturated rings. The first-order valence-electron chi connectivity index (χ1n) is 2.19. The second-order valence-electron chi connectivity index (χ2n) is 1.45. The van der Waals surface area contributed by atoms with Crippen molar-refractivity contribution in [2.45, 2.75) is 0 Å². The second kappa shape index (κ2) is 1.89. The Hall–Kier alpha value is -1.32. The second-order valence-corrected chi connectivity index (χ2v) is 1.45. The van der Waals surface area contributed by atoms with Crippen LogP contribution in [0.5, 0.6) is 0 Å². The zero-order chi connectivity index (χ0) is 6.85. The molecule has 46 valence electrons. The molecule has 0 aromatic heterocycles. The molecular formula is C5H2FNO2. The Balaban J connectivity index is 3.00. The van der Waals surface area contributed by atoms with Crippen LogP contribution in [-0.2, 0) is 9.59 Å². The van der Waals surface area contributed by atoms with Crippen molar-refractivity contribution in [3.8, 4) is 0 Å². The fourth-order valence-corrected chi connectivity index (χ4v) is 0.405. The minimum Gasteiger partial charge on any atom is -0.284 e. The van der Waals surface area contributed by atoms with Crippen LogP contribution in [-0.4, -0.2) is 17.8 Å². The minimum atomic E-state index is -1.12. The van der Waals surface area contributed by atoms with Crippen LogP contribution in [0.2, 0.25) is 0 Å². The average molecular weight is 127 g/mol. The first-order chi connectivity index (χ1) is 4.22. The lowest BCUT2D eigenvalue weighted by atomic mass is 10.2. The van der Waals surface area contributed by atoms with E-state index >= 15 is 0 Å². The van der Waals surface area contributed by atoms with Crippen LogP contribution in [0.25, 0.3) is 0 Å². The maximum Gasteiger partial charge on any atom is 0.264 e. The molecule has 0 spiro atoms. The van der Waals surface area contributed by atoms with Gasteiger partial charge in [-0.15, -0.1) is 0 Å². The van der Waals surface area contributed by atoms with Crippen LogP contribution in [0.4, 0.5) is 4.39 Å². The summed E-state index contributed by atoms with van der Waals surface area (Å²) in [6.07, 6.45) is 1.50. The summed E-state index contributed by atoms with van der Waals surface area (Å²) in [5.74, 6) is -3.12. The number of rotatable bonds is 0. The molecule has 3 nitrogen and oxygen atoms in total. The van der Waals surface area contributed by atoms with Gasteiger partial charge in [0.25, 0.3) is 5.78 Å². The van der Waals surface area contributed by atoms with E-state index in [1.54, 1.807) is 0 Å². The molecule has 0 saturated carbocycles. The van der Waals surface area contributed by atoms with Crippen molar-refractivity contribution < 1.29 is 14.0 Å². The van der Waals surface area contributed by atoms with Gasteiger partial charge in [0.1, 0.15) is 0 Å². The van der Waals surface area contributed by atoms with Crippen molar-refractivity contribution >= 4 is 17.8 Å². The zero-order valence-corrected chi connectivity index (χ0v) is 4.30. The van der Waals surface area contributed by atoms with Gasteiger partial charge in [0.2, 0.25) is 5.78 Å². The third-order valence-corrected chi connectivity index (χ3v) is 0.820. The van der Waals surface area contributed by atoms with Gasteiger partial charge in [-0.25, -0.2) is 4.39 Å². The molecule has 0 aromatic carbocycles. The maximum absolute atomic E-state index is 12.0. The lowest BCUT2D eigenvalue weighted by molar-refractivity contribution is -0.131. The molecule has 1 aliphatic heterocycles. The Kier molecular flexibility index (Phi) is 1.22. The number of aliphatic imine (C=N–C) groups is 1. The summed E-state index contributed by atoms with van der Waals surface area (Å²) >= 11 is 0. The number of allylic oxidation sites excluding steroid dienone is 1. The standard InChI is InChI=1S/C5H2FNO2/c6-3-1-7-2-4(8)5(3)9/h1-2H. The van der Waals surface area contributed by atoms with Gasteiger partial charge in [-0.05, 0) is 0 Å². The predicted molar refractivity (Wildman–Crippen MR) is 27.7 cm³/mol. The Bertz CT molecular complexity index is 229. The summed E-state index contributed by atoms with van der Waals surface area (Å²) in [7, 11) is 0. The van der Waals surface area contributed by atoms with E-state index in [4.69, 9.17) is 0 Å². The van der Waals surface area contributed by atoms with E-state index in [2.05, 4.69) is 4.99 Å². The molecule has 0 bridgehead atoms. The summed E-state index contributed by atoms with van der Waals surface area (Å²) in [5.41, 5.74) is 0. The minimum absolute atomic E-state index is 0.712. The molecule has 0 aliphatic carbocycles. The van der Waals surface area contributed by atoms with Gasteiger partial charge in [-0.3, -0.25) is 14.6 Å². The molecular weight excluding hydrogens is 125 g/mol. The van der Waals surface area contributed by atoms with Crippen molar-refractivity contribution in [2.24, 2.45) is 4.99 Å². The average Bonchev–Trinajstić information content (AvgIpc) is 1.83. The Morgan fingerprint density at radius 1 is 1.44 bits per heavy atom. The topological polar surface area (TPSA) is 46.5 Å². The quantitative estimate of drug-likeness (QED) is 0.430. The normalized spacial score (nSPS) is 18.1. The van der Waals surface area contributed by atoms with Crippen molar-refractivity contribution in [3.05, 3.63) is 12.0 Å². The van der Waals surface area contributed by atoms with E-state index in [0.717, 1.165) is 6.21 Å². The fraction of sp³-hybridized carbons (Fsp3) is 0. The number of carbonyl (C=O) groups excluding carboxylic acids is 2. The van der Waals surface area contributed by atoms with Crippen molar-refractivity contribution in [2.75, 3.05) is 0 Å². The van der Waals surface area contributed by atoms with Crippen LogP contribution in [0.1, 0.15) is 0 Å². The largest absolute Gasteiger partial charge is 0.284 e. The number of carbonyl (C=O) groups is 2. The lowest BCUT2D eigenvalue weighted by Gasteiger charge is -1.93. The van der Waals surface area contributed by atoms with E-state index in [-0.39, 0.29) is 0 Å². The number of ketones is 2. The highest BCUT2D eigenvalue weighted by molar-refractivity contribution is 6.62. The predicted octanol–water partition coefficient (Wildman–Crippen LogP) is 0.0199. The number of hydrogen-bond donors (Lipinski definition) is 0. The molecule has 0 atom stereocenters. The third-order valence-electron chi connectivity index (χ3n) is 0.820.